The predicted octanol–water partition coefficient (Wildman–Crippen LogP) is 2.19. The monoisotopic (exact) mass is 271 g/mol. The van der Waals surface area contributed by atoms with E-state index in [1.807, 2.05) is 0 Å². The van der Waals surface area contributed by atoms with Crippen LogP contribution in [-0.4, -0.2) is 39.5 Å². The SMILES string of the molecule is CCN1C/C(=C\Cl)[Se]/C(=C/Cl)C1. The summed E-state index contributed by atoms with van der Waals surface area (Å²) in [5.74, 6) is 0. The zero-order valence-electron chi connectivity index (χ0n) is 6.89. The second-order valence-corrected chi connectivity index (χ2v) is 5.62. The van der Waals surface area contributed by atoms with E-state index in [9.17, 15) is 0 Å². The molecule has 0 unspecified atom stereocenters. The summed E-state index contributed by atoms with van der Waals surface area (Å²) in [5, 5.41) is 0. The van der Waals surface area contributed by atoms with E-state index in [0.717, 1.165) is 19.6 Å². The Labute approximate surface area is 89.6 Å². The number of likely N-dealkylation sites (N-methyl/N-ethyl adjacent to an activating group) is 1. The molecule has 1 aliphatic rings. The fourth-order valence-electron chi connectivity index (χ4n) is 1.07. The van der Waals surface area contributed by atoms with Crippen molar-refractivity contribution in [3.8, 4) is 0 Å². The third kappa shape index (κ3) is 2.79. The summed E-state index contributed by atoms with van der Waals surface area (Å²) in [7, 11) is 0. The summed E-state index contributed by atoms with van der Waals surface area (Å²) in [6, 6.07) is 0. The van der Waals surface area contributed by atoms with Crippen LogP contribution in [0.25, 0.3) is 0 Å². The van der Waals surface area contributed by atoms with Crippen LogP contribution in [0.3, 0.4) is 0 Å². The molecule has 0 aliphatic carbocycles. The molecule has 1 aliphatic heterocycles. The zero-order valence-corrected chi connectivity index (χ0v) is 10.1. The fourth-order valence-corrected chi connectivity index (χ4v) is 3.60. The minimum absolute atomic E-state index is 0.384. The van der Waals surface area contributed by atoms with Crippen molar-refractivity contribution in [3.05, 3.63) is 20.0 Å². The van der Waals surface area contributed by atoms with Gasteiger partial charge in [-0.05, 0) is 0 Å². The maximum atomic E-state index is 5.68. The molecular formula is C8H11Cl2NSe. The number of rotatable bonds is 1. The molecule has 1 fully saturated rings. The van der Waals surface area contributed by atoms with Gasteiger partial charge in [-0.25, -0.2) is 0 Å². The number of halogens is 2. The summed E-state index contributed by atoms with van der Waals surface area (Å²) in [6.07, 6.45) is 0. The van der Waals surface area contributed by atoms with Crippen LogP contribution >= 0.6 is 23.2 Å². The average Bonchev–Trinajstić information content (AvgIpc) is 2.16. The van der Waals surface area contributed by atoms with E-state index in [2.05, 4.69) is 11.8 Å². The van der Waals surface area contributed by atoms with Gasteiger partial charge < -0.3 is 0 Å². The van der Waals surface area contributed by atoms with E-state index in [1.165, 1.54) is 8.94 Å². The van der Waals surface area contributed by atoms with Gasteiger partial charge in [-0.3, -0.25) is 0 Å². The van der Waals surface area contributed by atoms with E-state index >= 15 is 0 Å². The van der Waals surface area contributed by atoms with Crippen molar-refractivity contribution < 1.29 is 0 Å². The van der Waals surface area contributed by atoms with Crippen LogP contribution in [-0.2, 0) is 0 Å². The molecule has 12 heavy (non-hydrogen) atoms. The van der Waals surface area contributed by atoms with Crippen LogP contribution in [0.1, 0.15) is 6.92 Å². The Bertz CT molecular complexity index is 193. The van der Waals surface area contributed by atoms with E-state index in [-0.39, 0.29) is 0 Å². The molecule has 68 valence electrons. The predicted molar refractivity (Wildman–Crippen MR) is 55.7 cm³/mol. The molecule has 0 bridgehead atoms. The van der Waals surface area contributed by atoms with Crippen LogP contribution < -0.4 is 0 Å². The normalized spacial score (nSPS) is 26.9. The standard InChI is InChI=1S/C8H11Cl2NSe/c1-2-11-5-7(3-9)12-8(4-10)6-11/h3-4H,2,5-6H2,1H3/b7-3+,8-4+. The third-order valence-electron chi connectivity index (χ3n) is 1.71. The molecule has 4 heteroatoms. The quantitative estimate of drug-likeness (QED) is 0.661. The van der Waals surface area contributed by atoms with Crippen LogP contribution in [0.15, 0.2) is 20.0 Å². The molecule has 0 aromatic heterocycles. The second kappa shape index (κ2) is 5.31. The number of hydrogen-bond acceptors (Lipinski definition) is 1. The zero-order chi connectivity index (χ0) is 8.97. The Kier molecular flexibility index (Phi) is 4.70. The Morgan fingerprint density at radius 1 is 1.33 bits per heavy atom. The first-order valence-corrected chi connectivity index (χ1v) is 6.37. The Balaban J connectivity index is 2.65. The Morgan fingerprint density at radius 3 is 2.17 bits per heavy atom. The van der Waals surface area contributed by atoms with Gasteiger partial charge in [0, 0.05) is 0 Å². The Hall–Kier alpha value is 0.539. The Morgan fingerprint density at radius 2 is 1.83 bits per heavy atom. The van der Waals surface area contributed by atoms with Crippen molar-refractivity contribution in [2.24, 2.45) is 0 Å². The van der Waals surface area contributed by atoms with Gasteiger partial charge in [0.2, 0.25) is 0 Å². The molecule has 0 aromatic carbocycles. The second-order valence-electron chi connectivity index (χ2n) is 2.56. The minimum atomic E-state index is 0.384. The van der Waals surface area contributed by atoms with Gasteiger partial charge in [0.1, 0.15) is 0 Å². The van der Waals surface area contributed by atoms with Gasteiger partial charge in [0.05, 0.1) is 0 Å². The first kappa shape index (κ1) is 10.6. The average molecular weight is 271 g/mol. The van der Waals surface area contributed by atoms with E-state index in [4.69, 9.17) is 23.2 Å². The molecule has 1 saturated heterocycles. The summed E-state index contributed by atoms with van der Waals surface area (Å²) in [6.45, 7) is 5.22. The van der Waals surface area contributed by atoms with E-state index in [0.29, 0.717) is 15.0 Å². The van der Waals surface area contributed by atoms with Gasteiger partial charge in [0.15, 0.2) is 0 Å². The van der Waals surface area contributed by atoms with Crippen LogP contribution in [0.2, 0.25) is 0 Å². The summed E-state index contributed by atoms with van der Waals surface area (Å²) in [4.78, 5) is 2.33. The van der Waals surface area contributed by atoms with Crippen molar-refractivity contribution in [3.63, 3.8) is 0 Å². The summed E-state index contributed by atoms with van der Waals surface area (Å²) < 4.78 is 2.62. The van der Waals surface area contributed by atoms with Crippen LogP contribution in [0.4, 0.5) is 0 Å². The molecule has 0 atom stereocenters. The van der Waals surface area contributed by atoms with Gasteiger partial charge in [-0.2, -0.15) is 0 Å². The summed E-state index contributed by atoms with van der Waals surface area (Å²) in [5.41, 5.74) is 3.39. The van der Waals surface area contributed by atoms with Gasteiger partial charge in [-0.15, -0.1) is 0 Å². The van der Waals surface area contributed by atoms with Gasteiger partial charge in [0.25, 0.3) is 0 Å². The van der Waals surface area contributed by atoms with Crippen molar-refractivity contribution >= 4 is 38.2 Å². The third-order valence-corrected chi connectivity index (χ3v) is 4.96. The maximum absolute atomic E-state index is 5.68. The number of nitrogens with zero attached hydrogens (tertiary/aromatic N) is 1. The molecule has 0 radical (unpaired) electrons. The fraction of sp³-hybridized carbons (Fsp3) is 0.500. The first-order valence-electron chi connectivity index (χ1n) is 3.78. The van der Waals surface area contributed by atoms with Crippen LogP contribution in [0.5, 0.6) is 0 Å². The molecule has 0 amide bonds. The molecule has 1 nitrogen and oxygen atoms in total. The summed E-state index contributed by atoms with van der Waals surface area (Å²) >= 11 is 11.7. The van der Waals surface area contributed by atoms with E-state index < -0.39 is 0 Å². The van der Waals surface area contributed by atoms with Gasteiger partial charge >= 0.3 is 89.6 Å². The molecule has 0 spiro atoms. The molecular weight excluding hydrogens is 260 g/mol. The molecule has 1 heterocycles. The first-order chi connectivity index (χ1) is 5.80. The van der Waals surface area contributed by atoms with Crippen molar-refractivity contribution in [2.45, 2.75) is 6.92 Å². The van der Waals surface area contributed by atoms with Crippen molar-refractivity contribution in [1.82, 2.24) is 4.90 Å². The molecule has 1 rings (SSSR count). The topological polar surface area (TPSA) is 3.24 Å². The van der Waals surface area contributed by atoms with Crippen molar-refractivity contribution in [1.29, 1.82) is 0 Å². The van der Waals surface area contributed by atoms with Gasteiger partial charge in [-0.1, -0.05) is 0 Å². The molecule has 0 aromatic rings. The van der Waals surface area contributed by atoms with E-state index in [1.54, 1.807) is 11.1 Å². The molecule has 0 N–H and O–H groups in total. The number of hydrogen-bond donors (Lipinski definition) is 0. The van der Waals surface area contributed by atoms with Crippen LogP contribution in [0, 0.1) is 0 Å². The van der Waals surface area contributed by atoms with Crippen molar-refractivity contribution in [2.75, 3.05) is 19.6 Å². The molecule has 0 saturated carbocycles.